The Morgan fingerprint density at radius 3 is 2.33 bits per heavy atom. The van der Waals surface area contributed by atoms with Gasteiger partial charge < -0.3 is 40.9 Å². The minimum atomic E-state index is -0.250. The van der Waals surface area contributed by atoms with Crippen molar-refractivity contribution in [2.45, 2.75) is 111 Å². The number of anilines is 1. The van der Waals surface area contributed by atoms with Gasteiger partial charge in [-0.15, -0.1) is 30.2 Å². The molecule has 1 fully saturated rings. The molecule has 0 aromatic carbocycles. The molecule has 1 saturated heterocycles. The molecule has 1 aromatic rings. The van der Waals surface area contributed by atoms with E-state index in [9.17, 15) is 9.90 Å². The number of amides is 1. The standard InChI is InChI=1S/C18H23N3O2S.C17H34N2O.C2H5NO.C2H2.CH2O2.Na/c1-11(2)19-18-21-16(10-24-18)15-9-17(23-5)12(3)6-7-14(22)8-13(4)20-15;1-5-6-7-8-9-11-14(2)15(3)18-17(20)16-12-10-13-19(16)4;3-1-2-4;1-2;2-1-3;/h6-12,22H,4H2,1-3,5H3,(H,19,21);14-16H,5-13H2,1-4H3,(H,18,20);2H,1,3H2;1-2H;1H,(H,2,3);/q;;;;;+1/p-1/b7-6-,14-8+,17-9+,20-15?;;;;;/t;14?,15?,16-;;;;/m.1..../s1. The maximum atomic E-state index is 12.2. The number of aliphatic hydroxyl groups is 1. The van der Waals surface area contributed by atoms with E-state index in [4.69, 9.17) is 19.4 Å². The van der Waals surface area contributed by atoms with Crippen LogP contribution in [0.4, 0.5) is 5.13 Å². The van der Waals surface area contributed by atoms with Crippen LogP contribution >= 0.6 is 11.3 Å². The van der Waals surface area contributed by atoms with Crippen molar-refractivity contribution in [2.24, 2.45) is 22.6 Å². The number of methoxy groups -OCH3 is 1. The summed E-state index contributed by atoms with van der Waals surface area (Å²) >= 11 is 1.52. The first-order valence-electron chi connectivity index (χ1n) is 18.1. The van der Waals surface area contributed by atoms with Gasteiger partial charge in [0.1, 0.15) is 23.5 Å². The van der Waals surface area contributed by atoms with Crippen LogP contribution in [0.25, 0.3) is 5.32 Å². The van der Waals surface area contributed by atoms with Crippen LogP contribution in [0.2, 0.25) is 0 Å². The third-order valence-corrected chi connectivity index (χ3v) is 8.87. The predicted octanol–water partition coefficient (Wildman–Crippen LogP) is 4.91. The molecule has 2 aliphatic heterocycles. The maximum absolute atomic E-state index is 12.2. The third-order valence-electron chi connectivity index (χ3n) is 8.10. The van der Waals surface area contributed by atoms with Gasteiger partial charge >= 0.3 is 29.6 Å². The van der Waals surface area contributed by atoms with Crippen molar-refractivity contribution in [1.29, 1.82) is 0 Å². The van der Waals surface area contributed by atoms with Gasteiger partial charge in [0, 0.05) is 36.0 Å². The summed E-state index contributed by atoms with van der Waals surface area (Å²) in [5.74, 6) is 1.46. The van der Waals surface area contributed by atoms with Gasteiger partial charge in [-0.2, -0.15) is 0 Å². The first kappa shape index (κ1) is 55.1. The fraction of sp³-hybridized carbons (Fsp3) is 0.575. The number of rotatable bonds is 14. The number of terminal acetylenes is 1. The number of hydrogen-bond donors (Lipinski definition) is 4. The summed E-state index contributed by atoms with van der Waals surface area (Å²) in [5, 5.41) is 27.3. The molecule has 0 spiro atoms. The molecule has 5 N–H and O–H groups in total. The van der Waals surface area contributed by atoms with Crippen LogP contribution in [0.3, 0.4) is 0 Å². The number of unbranched alkanes of at least 4 members (excludes halogenated alkanes) is 4. The summed E-state index contributed by atoms with van der Waals surface area (Å²) < 4.78 is 5.49. The smallest absolute Gasteiger partial charge is 0.649 e. The molecule has 54 heavy (non-hydrogen) atoms. The number of nitrogens with one attached hydrogen (secondary N) is 1. The van der Waals surface area contributed by atoms with Gasteiger partial charge in [-0.3, -0.25) is 9.69 Å². The summed E-state index contributed by atoms with van der Waals surface area (Å²) in [5.41, 5.74) is 6.49. The molecule has 3 rings (SSSR count). The average molecular weight is 781 g/mol. The quantitative estimate of drug-likeness (QED) is 0.0877. The first-order valence-corrected chi connectivity index (χ1v) is 19.0. The zero-order valence-corrected chi connectivity index (χ0v) is 37.0. The van der Waals surface area contributed by atoms with Crippen LogP contribution in [0.1, 0.15) is 98.6 Å². The molecule has 14 heteroatoms. The molecule has 3 heterocycles. The predicted molar refractivity (Wildman–Crippen MR) is 220 cm³/mol. The second-order valence-corrected chi connectivity index (χ2v) is 13.7. The van der Waals surface area contributed by atoms with Gasteiger partial charge in [0.15, 0.2) is 5.13 Å². The van der Waals surface area contributed by atoms with Crippen molar-refractivity contribution in [3.63, 3.8) is 0 Å². The van der Waals surface area contributed by atoms with Crippen LogP contribution in [0, 0.1) is 24.7 Å². The molecule has 0 aliphatic carbocycles. The number of ether oxygens (including phenoxy) is 1. The van der Waals surface area contributed by atoms with E-state index in [1.54, 1.807) is 13.2 Å². The summed E-state index contributed by atoms with van der Waals surface area (Å²) in [6, 6.07) is 0.525. The van der Waals surface area contributed by atoms with Gasteiger partial charge in [-0.05, 0) is 46.4 Å². The Balaban J connectivity index is -0.000000785. The van der Waals surface area contributed by atoms with E-state index in [1.165, 1.54) is 55.9 Å². The summed E-state index contributed by atoms with van der Waals surface area (Å²) in [4.78, 5) is 40.8. The van der Waals surface area contributed by atoms with Gasteiger partial charge in [0.2, 0.25) is 0 Å². The summed E-state index contributed by atoms with van der Waals surface area (Å²) in [7, 11) is 3.66. The topological polar surface area (TPSA) is 182 Å². The number of aliphatic hydroxyl groups excluding tert-OH is 1. The number of carbonyl (C=O) groups excluding carboxylic acids is 2. The number of carboxylic acid groups (broad SMARTS) is 1. The molecule has 0 radical (unpaired) electrons. The number of nitrogens with zero attached hydrogens (tertiary/aromatic N) is 4. The number of aldehydes is 1. The molecule has 3 unspecified atom stereocenters. The Hall–Kier alpha value is -3.25. The second-order valence-electron chi connectivity index (χ2n) is 12.8. The maximum Gasteiger partial charge on any atom is 1.00 e. The number of aromatic nitrogens is 1. The van der Waals surface area contributed by atoms with Crippen molar-refractivity contribution in [2.75, 3.05) is 32.6 Å². The van der Waals surface area contributed by atoms with E-state index in [0.717, 1.165) is 36.0 Å². The van der Waals surface area contributed by atoms with E-state index in [0.29, 0.717) is 29.7 Å². The number of hydrogen-bond acceptors (Lipinski definition) is 11. The van der Waals surface area contributed by atoms with E-state index in [1.807, 2.05) is 31.5 Å². The van der Waals surface area contributed by atoms with Crippen molar-refractivity contribution in [3.8, 4) is 12.8 Å². The molecule has 0 saturated carbocycles. The molecule has 298 valence electrons. The van der Waals surface area contributed by atoms with Crippen LogP contribution in [0.5, 0.6) is 0 Å². The zero-order chi connectivity index (χ0) is 40.8. The molecule has 12 nitrogen and oxygen atoms in total. The van der Waals surface area contributed by atoms with Crippen molar-refractivity contribution in [3.05, 3.63) is 64.5 Å². The van der Waals surface area contributed by atoms with Gasteiger partial charge in [-0.1, -0.05) is 84.8 Å². The van der Waals surface area contributed by atoms with E-state index >= 15 is 0 Å². The molecule has 0 bridgehead atoms. The number of allylic oxidation sites excluding steroid dienone is 4. The Morgan fingerprint density at radius 1 is 1.20 bits per heavy atom. The van der Waals surface area contributed by atoms with Crippen LogP contribution in [-0.4, -0.2) is 89.8 Å². The molecular weight excluding hydrogens is 716 g/mol. The number of likely N-dealkylation sites (N-methyl/N-ethyl adjacent to an activating group) is 1. The first-order chi connectivity index (χ1) is 25.3. The van der Waals surface area contributed by atoms with Gasteiger partial charge in [0.25, 0.3) is 6.47 Å². The van der Waals surface area contributed by atoms with Crippen LogP contribution in [-0.2, 0) is 19.1 Å². The number of nitrogens with two attached hydrogens (primary N) is 1. The molecule has 1 amide bonds. The number of thiazole rings is 1. The fourth-order valence-electron chi connectivity index (χ4n) is 5.07. The largest absolute Gasteiger partial charge is 1.00 e. The second kappa shape index (κ2) is 34.3. The number of carbonyl (C=O) groups is 3. The monoisotopic (exact) mass is 780 g/mol. The average Bonchev–Trinajstić information content (AvgIpc) is 3.78. The van der Waals surface area contributed by atoms with Gasteiger partial charge in [0.05, 0.1) is 30.5 Å². The van der Waals surface area contributed by atoms with Gasteiger partial charge in [-0.25, -0.2) is 9.98 Å². The Bertz CT molecular complexity index is 1340. The molecule has 1 aromatic heterocycles. The van der Waals surface area contributed by atoms with E-state index in [-0.39, 0.29) is 72.2 Å². The Morgan fingerprint density at radius 2 is 1.81 bits per heavy atom. The van der Waals surface area contributed by atoms with Crippen molar-refractivity contribution in [1.82, 2.24) is 9.88 Å². The van der Waals surface area contributed by atoms with Crippen LogP contribution < -0.4 is 40.6 Å². The Kier molecular flexibility index (Phi) is 34.9. The van der Waals surface area contributed by atoms with Crippen molar-refractivity contribution < 1.29 is 58.9 Å². The summed E-state index contributed by atoms with van der Waals surface area (Å²) in [6.07, 6.45) is 25.4. The fourth-order valence-corrected chi connectivity index (χ4v) is 5.92. The summed E-state index contributed by atoms with van der Waals surface area (Å²) in [6.45, 7) is 17.5. The van der Waals surface area contributed by atoms with Crippen LogP contribution in [0.15, 0.2) is 58.5 Å². The SMILES string of the molecule is C#C.C=C1/C=C(O)\C=C/C(C)/C(OC)=C\C(c2csc(NC(C)C)n2)=N1.CCCCCCCC(C)C(C)[N-]C(=O)[C@H]1CCCN1C.NCC=O.O=CO.[Na+]. The minimum absolute atomic E-state index is 0. The normalized spacial score (nSPS) is 20.0. The number of aliphatic imine (C=N–C) groups is 1. The third kappa shape index (κ3) is 24.9. The minimum Gasteiger partial charge on any atom is -0.649 e. The molecule has 4 atom stereocenters. The number of likely N-dealkylation sites (tertiary alicyclic amines) is 1. The van der Waals surface area contributed by atoms with E-state index in [2.05, 4.69) is 85.3 Å². The zero-order valence-electron chi connectivity index (χ0n) is 34.2. The molecular formula is C40H65N6NaO6S. The van der Waals surface area contributed by atoms with Crippen molar-refractivity contribution >= 4 is 40.8 Å². The Labute approximate surface area is 351 Å². The molecule has 2 aliphatic rings. The van der Waals surface area contributed by atoms with E-state index < -0.39 is 0 Å².